The highest BCUT2D eigenvalue weighted by Crippen LogP contribution is 2.29. The Bertz CT molecular complexity index is 1120. The van der Waals surface area contributed by atoms with Crippen LogP contribution in [0.2, 0.25) is 0 Å². The predicted octanol–water partition coefficient (Wildman–Crippen LogP) is 3.55. The van der Waals surface area contributed by atoms with E-state index in [1.54, 1.807) is 45.2 Å². The van der Waals surface area contributed by atoms with E-state index in [0.29, 0.717) is 10.9 Å². The van der Waals surface area contributed by atoms with Crippen LogP contribution in [0, 0.1) is 12.8 Å². The van der Waals surface area contributed by atoms with Gasteiger partial charge in [0.25, 0.3) is 0 Å². The Morgan fingerprint density at radius 2 is 1.83 bits per heavy atom. The van der Waals surface area contributed by atoms with E-state index < -0.39 is 22.0 Å². The van der Waals surface area contributed by atoms with Crippen LogP contribution in [0.3, 0.4) is 0 Å². The Balaban J connectivity index is 1.80. The summed E-state index contributed by atoms with van der Waals surface area (Å²) in [5, 5.41) is 3.14. The molecule has 1 heterocycles. The van der Waals surface area contributed by atoms with Gasteiger partial charge in [0, 0.05) is 0 Å². The summed E-state index contributed by atoms with van der Waals surface area (Å²) in [6, 6.07) is 11.0. The van der Waals surface area contributed by atoms with Crippen LogP contribution in [0.1, 0.15) is 19.4 Å². The van der Waals surface area contributed by atoms with Gasteiger partial charge in [0.1, 0.15) is 11.8 Å². The Morgan fingerprint density at radius 1 is 1.14 bits per heavy atom. The summed E-state index contributed by atoms with van der Waals surface area (Å²) in [5.74, 6) is -0.0173. The van der Waals surface area contributed by atoms with Crippen LogP contribution < -0.4 is 14.8 Å². The van der Waals surface area contributed by atoms with Crippen molar-refractivity contribution in [3.8, 4) is 5.75 Å². The summed E-state index contributed by atoms with van der Waals surface area (Å²) in [7, 11) is -2.25. The Kier molecular flexibility index (Phi) is 6.21. The van der Waals surface area contributed by atoms with Crippen LogP contribution in [0.5, 0.6) is 5.75 Å². The fraction of sp³-hybridized carbons (Fsp3) is 0.300. The molecule has 29 heavy (non-hydrogen) atoms. The molecule has 3 aromatic rings. The van der Waals surface area contributed by atoms with Crippen molar-refractivity contribution < 1.29 is 17.9 Å². The van der Waals surface area contributed by atoms with Gasteiger partial charge in [0.15, 0.2) is 5.13 Å². The highest BCUT2D eigenvalue weighted by molar-refractivity contribution is 7.89. The number of benzene rings is 2. The Morgan fingerprint density at radius 3 is 2.45 bits per heavy atom. The minimum Gasteiger partial charge on any atom is -0.497 e. The zero-order valence-corrected chi connectivity index (χ0v) is 18.2. The molecule has 0 bridgehead atoms. The zero-order chi connectivity index (χ0) is 21.2. The number of methoxy groups -OCH3 is 1. The number of carbonyl (C=O) groups is 1. The molecule has 1 atom stereocenters. The van der Waals surface area contributed by atoms with Gasteiger partial charge >= 0.3 is 0 Å². The monoisotopic (exact) mass is 433 g/mol. The van der Waals surface area contributed by atoms with Crippen molar-refractivity contribution in [2.24, 2.45) is 5.92 Å². The number of carbonyl (C=O) groups excluding carboxylic acids is 1. The molecule has 0 saturated heterocycles. The lowest BCUT2D eigenvalue weighted by molar-refractivity contribution is -0.118. The standard InChI is InChI=1S/C20H23N3O4S2/c1-12(2)18(23-29(25,26)15-8-5-13(3)6-9-15)19(24)22-20-21-16-10-7-14(27-4)11-17(16)28-20/h5-12,18,23H,1-4H3,(H,21,22,24)/t18-/m1/s1. The number of aryl methyl sites for hydroxylation is 1. The third kappa shape index (κ3) is 4.92. The summed E-state index contributed by atoms with van der Waals surface area (Å²) >= 11 is 1.30. The van der Waals surface area contributed by atoms with Gasteiger partial charge in [-0.25, -0.2) is 13.4 Å². The van der Waals surface area contributed by atoms with Crippen LogP contribution in [-0.4, -0.2) is 32.5 Å². The first-order chi connectivity index (χ1) is 13.7. The van der Waals surface area contributed by atoms with Gasteiger partial charge in [-0.2, -0.15) is 4.72 Å². The number of amides is 1. The minimum atomic E-state index is -3.84. The van der Waals surface area contributed by atoms with Crippen LogP contribution in [0.4, 0.5) is 5.13 Å². The molecule has 0 aliphatic rings. The van der Waals surface area contributed by atoms with Crippen LogP contribution in [-0.2, 0) is 14.8 Å². The summed E-state index contributed by atoms with van der Waals surface area (Å²) in [4.78, 5) is 17.3. The van der Waals surface area contributed by atoms with E-state index >= 15 is 0 Å². The van der Waals surface area contributed by atoms with Gasteiger partial charge in [-0.05, 0) is 43.2 Å². The molecule has 154 valence electrons. The number of hydrogen-bond acceptors (Lipinski definition) is 6. The van der Waals surface area contributed by atoms with Gasteiger partial charge in [-0.15, -0.1) is 0 Å². The third-order valence-electron chi connectivity index (χ3n) is 4.39. The molecule has 1 amide bonds. The van der Waals surface area contributed by atoms with Crippen LogP contribution >= 0.6 is 11.3 Å². The number of fused-ring (bicyclic) bond motifs is 1. The van der Waals surface area contributed by atoms with Crippen molar-refractivity contribution in [3.05, 3.63) is 48.0 Å². The highest BCUT2D eigenvalue weighted by Gasteiger charge is 2.29. The first kappa shape index (κ1) is 21.2. The molecule has 2 aromatic carbocycles. The second-order valence-corrected chi connectivity index (χ2v) is 9.74. The van der Waals surface area contributed by atoms with Crippen molar-refractivity contribution in [1.82, 2.24) is 9.71 Å². The molecule has 9 heteroatoms. The topological polar surface area (TPSA) is 97.4 Å². The lowest BCUT2D eigenvalue weighted by atomic mass is 10.1. The molecule has 2 N–H and O–H groups in total. The number of ether oxygens (including phenoxy) is 1. The van der Waals surface area contributed by atoms with E-state index in [-0.39, 0.29) is 10.8 Å². The number of nitrogens with one attached hydrogen (secondary N) is 2. The van der Waals surface area contributed by atoms with Gasteiger partial charge in [-0.1, -0.05) is 42.9 Å². The van der Waals surface area contributed by atoms with Crippen molar-refractivity contribution in [3.63, 3.8) is 0 Å². The molecule has 1 aromatic heterocycles. The Labute approximate surface area is 174 Å². The molecule has 3 rings (SSSR count). The summed E-state index contributed by atoms with van der Waals surface area (Å²) < 4.78 is 34.0. The summed E-state index contributed by atoms with van der Waals surface area (Å²) in [6.45, 7) is 5.44. The van der Waals surface area contributed by atoms with E-state index in [2.05, 4.69) is 15.0 Å². The predicted molar refractivity (Wildman–Crippen MR) is 115 cm³/mol. The smallest absolute Gasteiger partial charge is 0.244 e. The number of hydrogen-bond donors (Lipinski definition) is 2. The molecule has 0 spiro atoms. The molecular weight excluding hydrogens is 410 g/mol. The zero-order valence-electron chi connectivity index (χ0n) is 16.6. The van der Waals surface area contributed by atoms with Gasteiger partial charge < -0.3 is 10.1 Å². The molecular formula is C20H23N3O4S2. The number of sulfonamides is 1. The molecule has 0 unspecified atom stereocenters. The second kappa shape index (κ2) is 8.48. The maximum Gasteiger partial charge on any atom is 0.244 e. The first-order valence-corrected chi connectivity index (χ1v) is 11.3. The third-order valence-corrected chi connectivity index (χ3v) is 6.78. The van der Waals surface area contributed by atoms with Crippen molar-refractivity contribution in [2.75, 3.05) is 12.4 Å². The minimum absolute atomic E-state index is 0.119. The van der Waals surface area contributed by atoms with E-state index in [9.17, 15) is 13.2 Å². The quantitative estimate of drug-likeness (QED) is 0.594. The van der Waals surface area contributed by atoms with Crippen molar-refractivity contribution in [1.29, 1.82) is 0 Å². The van der Waals surface area contributed by atoms with Gasteiger partial charge in [0.2, 0.25) is 15.9 Å². The van der Waals surface area contributed by atoms with Crippen LogP contribution in [0.25, 0.3) is 10.2 Å². The lowest BCUT2D eigenvalue weighted by Gasteiger charge is -2.21. The number of thiazole rings is 1. The summed E-state index contributed by atoms with van der Waals surface area (Å²) in [6.07, 6.45) is 0. The van der Waals surface area contributed by atoms with E-state index in [1.807, 2.05) is 13.0 Å². The maximum absolute atomic E-state index is 12.8. The van der Waals surface area contributed by atoms with Gasteiger partial charge in [0.05, 0.1) is 22.2 Å². The average molecular weight is 434 g/mol. The number of aromatic nitrogens is 1. The normalized spacial score (nSPS) is 12.9. The van der Waals surface area contributed by atoms with Crippen molar-refractivity contribution >= 4 is 42.6 Å². The number of rotatable bonds is 7. The van der Waals surface area contributed by atoms with E-state index in [4.69, 9.17) is 4.74 Å². The fourth-order valence-corrected chi connectivity index (χ4v) is 4.95. The lowest BCUT2D eigenvalue weighted by Crippen LogP contribution is -2.47. The molecule has 0 radical (unpaired) electrons. The fourth-order valence-electron chi connectivity index (χ4n) is 2.71. The first-order valence-electron chi connectivity index (χ1n) is 9.04. The molecule has 0 saturated carbocycles. The highest BCUT2D eigenvalue weighted by atomic mass is 32.2. The van der Waals surface area contributed by atoms with Crippen molar-refractivity contribution in [2.45, 2.75) is 31.7 Å². The molecule has 0 fully saturated rings. The number of nitrogens with zero attached hydrogens (tertiary/aromatic N) is 1. The van der Waals surface area contributed by atoms with Crippen LogP contribution in [0.15, 0.2) is 47.4 Å². The molecule has 0 aliphatic heterocycles. The maximum atomic E-state index is 12.8. The molecule has 7 nitrogen and oxygen atoms in total. The average Bonchev–Trinajstić information content (AvgIpc) is 3.07. The second-order valence-electron chi connectivity index (χ2n) is 7.00. The Hall–Kier alpha value is -2.49. The largest absolute Gasteiger partial charge is 0.497 e. The summed E-state index contributed by atoms with van der Waals surface area (Å²) in [5.41, 5.74) is 1.68. The van der Waals surface area contributed by atoms with E-state index in [1.165, 1.54) is 23.5 Å². The van der Waals surface area contributed by atoms with E-state index in [0.717, 1.165) is 15.8 Å². The number of anilines is 1. The molecule has 0 aliphatic carbocycles. The van der Waals surface area contributed by atoms with Gasteiger partial charge in [-0.3, -0.25) is 4.79 Å². The SMILES string of the molecule is COc1ccc2nc(NC(=O)[C@H](NS(=O)(=O)c3ccc(C)cc3)C(C)C)sc2c1.